The van der Waals surface area contributed by atoms with Gasteiger partial charge in [-0.1, -0.05) is 0 Å². The van der Waals surface area contributed by atoms with E-state index in [1.54, 1.807) is 17.4 Å². The topological polar surface area (TPSA) is 49.3 Å². The molecule has 0 saturated carbocycles. The maximum absolute atomic E-state index is 10.9. The van der Waals surface area contributed by atoms with Crippen LogP contribution in [0, 0.1) is 13.8 Å². The zero-order valence-corrected chi connectivity index (χ0v) is 12.0. The minimum atomic E-state index is -0.844. The van der Waals surface area contributed by atoms with Gasteiger partial charge in [0.2, 0.25) is 0 Å². The molecule has 0 atom stereocenters. The molecular formula is C13H15NO2S2. The van der Waals surface area contributed by atoms with Crippen molar-refractivity contribution in [1.29, 1.82) is 0 Å². The van der Waals surface area contributed by atoms with E-state index in [0.717, 1.165) is 17.0 Å². The van der Waals surface area contributed by atoms with Gasteiger partial charge in [0.15, 0.2) is 0 Å². The first-order chi connectivity index (χ1) is 8.58. The van der Waals surface area contributed by atoms with E-state index in [0.29, 0.717) is 11.4 Å². The smallest absolute Gasteiger partial charge is 0.345 e. The molecule has 2 aromatic heterocycles. The number of rotatable bonds is 5. The lowest BCUT2D eigenvalue weighted by atomic mass is 10.2. The number of nitrogens with one attached hydrogen (secondary N) is 1. The van der Waals surface area contributed by atoms with Crippen molar-refractivity contribution in [3.05, 3.63) is 43.3 Å². The quantitative estimate of drug-likeness (QED) is 0.883. The number of hydrogen-bond acceptors (Lipinski definition) is 4. The van der Waals surface area contributed by atoms with Crippen LogP contribution in [-0.4, -0.2) is 11.1 Å². The fourth-order valence-corrected chi connectivity index (χ4v) is 3.45. The van der Waals surface area contributed by atoms with Gasteiger partial charge in [0.1, 0.15) is 4.88 Å². The summed E-state index contributed by atoms with van der Waals surface area (Å²) in [4.78, 5) is 13.7. The number of carboxylic acid groups (broad SMARTS) is 1. The number of carboxylic acids is 1. The first kappa shape index (κ1) is 13.3. The summed E-state index contributed by atoms with van der Waals surface area (Å²) in [5, 5.41) is 14.4. The highest BCUT2D eigenvalue weighted by Crippen LogP contribution is 2.22. The van der Waals surface area contributed by atoms with Crippen LogP contribution in [-0.2, 0) is 13.1 Å². The van der Waals surface area contributed by atoms with Crippen LogP contribution in [0.15, 0.2) is 17.5 Å². The molecule has 18 heavy (non-hydrogen) atoms. The molecule has 0 fully saturated rings. The van der Waals surface area contributed by atoms with Gasteiger partial charge >= 0.3 is 5.97 Å². The zero-order valence-electron chi connectivity index (χ0n) is 10.3. The lowest BCUT2D eigenvalue weighted by Gasteiger charge is -2.03. The molecule has 0 unspecified atom stereocenters. The fraction of sp³-hybridized carbons (Fsp3) is 0.308. The van der Waals surface area contributed by atoms with Crippen molar-refractivity contribution in [3.8, 4) is 0 Å². The summed E-state index contributed by atoms with van der Waals surface area (Å²) < 4.78 is 0. The number of aryl methyl sites for hydroxylation is 2. The lowest BCUT2D eigenvalue weighted by Crippen LogP contribution is -2.12. The average molecular weight is 281 g/mol. The highest BCUT2D eigenvalue weighted by atomic mass is 32.1. The fourth-order valence-electron chi connectivity index (χ4n) is 1.70. The first-order valence-electron chi connectivity index (χ1n) is 5.64. The summed E-state index contributed by atoms with van der Waals surface area (Å²) in [6, 6.07) is 3.87. The number of thiophene rings is 2. The molecule has 2 heterocycles. The Hall–Kier alpha value is -1.17. The normalized spacial score (nSPS) is 10.8. The Kier molecular flexibility index (Phi) is 4.16. The van der Waals surface area contributed by atoms with Gasteiger partial charge < -0.3 is 10.4 Å². The van der Waals surface area contributed by atoms with Crippen LogP contribution in [0.25, 0.3) is 0 Å². The summed E-state index contributed by atoms with van der Waals surface area (Å²) in [6.45, 7) is 5.62. The van der Waals surface area contributed by atoms with E-state index in [2.05, 4.69) is 23.7 Å². The summed E-state index contributed by atoms with van der Waals surface area (Å²) in [7, 11) is 0. The van der Waals surface area contributed by atoms with Crippen molar-refractivity contribution in [2.75, 3.05) is 0 Å². The Morgan fingerprint density at radius 3 is 2.72 bits per heavy atom. The SMILES string of the molecule is Cc1ccsc1CNCc1cc(C(=O)O)sc1C. The van der Waals surface area contributed by atoms with Gasteiger partial charge in [0.25, 0.3) is 0 Å². The second-order valence-electron chi connectivity index (χ2n) is 4.13. The van der Waals surface area contributed by atoms with Crippen molar-refractivity contribution in [2.24, 2.45) is 0 Å². The highest BCUT2D eigenvalue weighted by Gasteiger charge is 2.10. The highest BCUT2D eigenvalue weighted by molar-refractivity contribution is 7.14. The van der Waals surface area contributed by atoms with Crippen molar-refractivity contribution >= 4 is 28.6 Å². The largest absolute Gasteiger partial charge is 0.477 e. The maximum atomic E-state index is 10.9. The van der Waals surface area contributed by atoms with E-state index < -0.39 is 5.97 Å². The summed E-state index contributed by atoms with van der Waals surface area (Å²) in [5.74, 6) is -0.844. The summed E-state index contributed by atoms with van der Waals surface area (Å²) in [5.41, 5.74) is 2.38. The predicted octanol–water partition coefficient (Wildman–Crippen LogP) is 3.41. The molecule has 0 bridgehead atoms. The molecule has 0 radical (unpaired) electrons. The van der Waals surface area contributed by atoms with Crippen molar-refractivity contribution in [2.45, 2.75) is 26.9 Å². The van der Waals surface area contributed by atoms with Gasteiger partial charge in [-0.2, -0.15) is 0 Å². The number of aromatic carboxylic acids is 1. The Bertz CT molecular complexity index is 557. The van der Waals surface area contributed by atoms with Gasteiger partial charge in [-0.3, -0.25) is 0 Å². The third-order valence-corrected chi connectivity index (χ3v) is 4.90. The molecule has 5 heteroatoms. The first-order valence-corrected chi connectivity index (χ1v) is 7.34. The Balaban J connectivity index is 1.94. The molecule has 0 aliphatic rings. The monoisotopic (exact) mass is 281 g/mol. The molecule has 2 aromatic rings. The molecular weight excluding hydrogens is 266 g/mol. The minimum absolute atomic E-state index is 0.414. The van der Waals surface area contributed by atoms with E-state index in [-0.39, 0.29) is 0 Å². The second kappa shape index (κ2) is 5.65. The average Bonchev–Trinajstić information content (AvgIpc) is 2.87. The molecule has 2 N–H and O–H groups in total. The standard InChI is InChI=1S/C13H15NO2S2/c1-8-3-4-17-12(8)7-14-6-10-5-11(13(15)16)18-9(10)2/h3-5,14H,6-7H2,1-2H3,(H,15,16). The molecule has 3 nitrogen and oxygen atoms in total. The zero-order chi connectivity index (χ0) is 13.1. The van der Waals surface area contributed by atoms with Gasteiger partial charge in [-0.05, 0) is 42.5 Å². The van der Waals surface area contributed by atoms with Crippen LogP contribution < -0.4 is 5.32 Å². The molecule has 0 aliphatic carbocycles. The second-order valence-corrected chi connectivity index (χ2v) is 6.38. The molecule has 0 spiro atoms. The number of hydrogen-bond donors (Lipinski definition) is 2. The van der Waals surface area contributed by atoms with Crippen LogP contribution in [0.2, 0.25) is 0 Å². The van der Waals surface area contributed by atoms with Gasteiger partial charge in [0, 0.05) is 22.8 Å². The molecule has 0 amide bonds. The summed E-state index contributed by atoms with van der Waals surface area (Å²) in [6.07, 6.45) is 0. The van der Waals surface area contributed by atoms with Crippen LogP contribution in [0.1, 0.15) is 30.6 Å². The van der Waals surface area contributed by atoms with E-state index in [1.807, 2.05) is 6.92 Å². The predicted molar refractivity (Wildman–Crippen MR) is 75.6 cm³/mol. The molecule has 2 rings (SSSR count). The molecule has 0 aromatic carbocycles. The van der Waals surface area contributed by atoms with Crippen LogP contribution in [0.3, 0.4) is 0 Å². The Labute approximate surface area is 114 Å². The molecule has 96 valence electrons. The maximum Gasteiger partial charge on any atom is 0.345 e. The number of carbonyl (C=O) groups is 1. The Morgan fingerprint density at radius 1 is 1.39 bits per heavy atom. The molecule has 0 aliphatic heterocycles. The molecule has 0 saturated heterocycles. The minimum Gasteiger partial charge on any atom is -0.477 e. The van der Waals surface area contributed by atoms with Crippen molar-refractivity contribution in [3.63, 3.8) is 0 Å². The third-order valence-electron chi connectivity index (χ3n) is 2.80. The summed E-state index contributed by atoms with van der Waals surface area (Å²) >= 11 is 3.08. The van der Waals surface area contributed by atoms with Gasteiger partial charge in [0.05, 0.1) is 0 Å². The van der Waals surface area contributed by atoms with Gasteiger partial charge in [-0.25, -0.2) is 4.79 Å². The van der Waals surface area contributed by atoms with E-state index in [1.165, 1.54) is 21.8 Å². The van der Waals surface area contributed by atoms with E-state index >= 15 is 0 Å². The van der Waals surface area contributed by atoms with E-state index in [9.17, 15) is 4.79 Å². The lowest BCUT2D eigenvalue weighted by molar-refractivity contribution is 0.0702. The van der Waals surface area contributed by atoms with Gasteiger partial charge in [-0.15, -0.1) is 22.7 Å². The Morgan fingerprint density at radius 2 is 2.17 bits per heavy atom. The van der Waals surface area contributed by atoms with Crippen LogP contribution in [0.5, 0.6) is 0 Å². The van der Waals surface area contributed by atoms with Crippen LogP contribution >= 0.6 is 22.7 Å². The van der Waals surface area contributed by atoms with E-state index in [4.69, 9.17) is 5.11 Å². The third kappa shape index (κ3) is 2.98. The van der Waals surface area contributed by atoms with Crippen molar-refractivity contribution in [1.82, 2.24) is 5.32 Å². The van der Waals surface area contributed by atoms with Crippen molar-refractivity contribution < 1.29 is 9.90 Å². The van der Waals surface area contributed by atoms with Crippen LogP contribution in [0.4, 0.5) is 0 Å².